The molecule has 1 heterocycles. The minimum Gasteiger partial charge on any atom is -0.670 e. The van der Waals surface area contributed by atoms with Crippen LogP contribution in [-0.4, -0.2) is 40.4 Å². The van der Waals surface area contributed by atoms with Crippen LogP contribution in [0.15, 0.2) is 54.9 Å². The quantitative estimate of drug-likeness (QED) is 0.287. The van der Waals surface area contributed by atoms with Crippen LogP contribution < -0.4 is 14.5 Å². The van der Waals surface area contributed by atoms with E-state index in [9.17, 15) is 20.1 Å². The van der Waals surface area contributed by atoms with Crippen molar-refractivity contribution in [1.82, 2.24) is 4.98 Å². The molecule has 1 aliphatic carbocycles. The van der Waals surface area contributed by atoms with Gasteiger partial charge in [-0.25, -0.2) is 0 Å². The number of phenols is 2. The molecule has 0 bridgehead atoms. The second-order valence-corrected chi connectivity index (χ2v) is 10.3. The highest BCUT2D eigenvalue weighted by atomic mass is 16.5. The van der Waals surface area contributed by atoms with Gasteiger partial charge in [0.1, 0.15) is 5.78 Å². The van der Waals surface area contributed by atoms with E-state index in [2.05, 4.69) is 4.98 Å². The van der Waals surface area contributed by atoms with Crippen LogP contribution in [0.4, 0.5) is 0 Å². The molecule has 1 aliphatic rings. The third-order valence-corrected chi connectivity index (χ3v) is 7.40. The summed E-state index contributed by atoms with van der Waals surface area (Å²) >= 11 is 0. The molecule has 0 saturated heterocycles. The molecule has 4 rings (SSSR count). The molecule has 0 radical (unpaired) electrons. The summed E-state index contributed by atoms with van der Waals surface area (Å²) in [6, 6.07) is 12.3. The summed E-state index contributed by atoms with van der Waals surface area (Å²) in [4.78, 5) is 17.0. The van der Waals surface area contributed by atoms with Gasteiger partial charge >= 0.3 is 0 Å². The number of ketones is 1. The van der Waals surface area contributed by atoms with Crippen molar-refractivity contribution >= 4 is 5.78 Å². The molecule has 3 aromatic rings. The number of aliphatic hydroxyl groups is 1. The summed E-state index contributed by atoms with van der Waals surface area (Å²) < 4.78 is 11.3. The maximum absolute atomic E-state index is 12.8. The molecule has 3 N–H and O–H groups in total. The summed E-state index contributed by atoms with van der Waals surface area (Å²) in [5, 5.41) is 31.3. The first-order chi connectivity index (χ1) is 18.4. The lowest BCUT2D eigenvalue weighted by Crippen LogP contribution is -2.27. The number of hydrogen-bond acceptors (Lipinski definition) is 6. The number of methoxy groups -OCH3 is 1. The lowest BCUT2D eigenvalue weighted by Gasteiger charge is -2.25. The summed E-state index contributed by atoms with van der Waals surface area (Å²) in [6.45, 7) is 0. The Hall–Kier alpha value is -3.45. The number of hydrogen-bond donors (Lipinski definition) is 3. The normalized spacial score (nSPS) is 15.6. The summed E-state index contributed by atoms with van der Waals surface area (Å²) in [6.07, 6.45) is 10.3. The number of aliphatic hydroxyl groups excluding tert-OH is 1. The van der Waals surface area contributed by atoms with E-state index in [0.29, 0.717) is 30.8 Å². The van der Waals surface area contributed by atoms with Gasteiger partial charge in [-0.3, -0.25) is 4.79 Å². The number of rotatable bonds is 13. The van der Waals surface area contributed by atoms with Crippen molar-refractivity contribution in [2.24, 2.45) is 5.92 Å². The molecule has 0 unspecified atom stereocenters. The Morgan fingerprint density at radius 1 is 0.947 bits per heavy atom. The Balaban J connectivity index is 1.40. The summed E-state index contributed by atoms with van der Waals surface area (Å²) in [5.74, 6) is 0.811. The van der Waals surface area contributed by atoms with Gasteiger partial charge in [0.25, 0.3) is 0 Å². The first-order valence-corrected chi connectivity index (χ1v) is 13.5. The molecule has 204 valence electrons. The van der Waals surface area contributed by atoms with Gasteiger partial charge in [-0.2, -0.15) is 12.4 Å². The van der Waals surface area contributed by atoms with E-state index in [1.165, 1.54) is 13.5 Å². The third-order valence-electron chi connectivity index (χ3n) is 7.40. The molecule has 1 fully saturated rings. The SMILES string of the molecule is COc1cc(CCC(=O)C[C@@H](O)[C@H](Cc2cc[n-]c2)Cc2ccc(O)c(OC3CCCCC3)c2)ccc1O. The Labute approximate surface area is 224 Å². The van der Waals surface area contributed by atoms with Gasteiger partial charge in [-0.1, -0.05) is 30.2 Å². The Morgan fingerprint density at radius 2 is 1.63 bits per heavy atom. The fraction of sp³-hybridized carbons (Fsp3) is 0.452. The van der Waals surface area contributed by atoms with Gasteiger partial charge in [0, 0.05) is 12.8 Å². The van der Waals surface area contributed by atoms with E-state index >= 15 is 0 Å². The average molecular weight is 521 g/mol. The molecule has 38 heavy (non-hydrogen) atoms. The van der Waals surface area contributed by atoms with Crippen LogP contribution in [0.2, 0.25) is 0 Å². The minimum atomic E-state index is -0.830. The van der Waals surface area contributed by atoms with Crippen molar-refractivity contribution < 1.29 is 29.6 Å². The minimum absolute atomic E-state index is 0.0257. The molecular weight excluding hydrogens is 482 g/mol. The highest BCUT2D eigenvalue weighted by Crippen LogP contribution is 2.33. The Morgan fingerprint density at radius 3 is 2.34 bits per heavy atom. The second kappa shape index (κ2) is 13.4. The number of carbonyl (C=O) groups excluding carboxylic acids is 1. The largest absolute Gasteiger partial charge is 0.670 e. The first-order valence-electron chi connectivity index (χ1n) is 13.5. The summed E-state index contributed by atoms with van der Waals surface area (Å²) in [5.41, 5.74) is 2.84. The Kier molecular flexibility index (Phi) is 9.71. The van der Waals surface area contributed by atoms with Gasteiger partial charge in [-0.05, 0) is 86.3 Å². The molecule has 2 atom stereocenters. The molecular formula is C31H38NO6-. The predicted molar refractivity (Wildman–Crippen MR) is 145 cm³/mol. The zero-order valence-corrected chi connectivity index (χ0v) is 22.0. The van der Waals surface area contributed by atoms with Crippen LogP contribution >= 0.6 is 0 Å². The zero-order valence-electron chi connectivity index (χ0n) is 22.0. The number of ether oxygens (including phenoxy) is 2. The number of phenolic OH excluding ortho intramolecular Hbond substituents is 2. The highest BCUT2D eigenvalue weighted by molar-refractivity contribution is 5.79. The number of aromatic hydroxyl groups is 2. The van der Waals surface area contributed by atoms with E-state index in [4.69, 9.17) is 9.47 Å². The lowest BCUT2D eigenvalue weighted by atomic mass is 9.86. The van der Waals surface area contributed by atoms with Crippen molar-refractivity contribution in [3.8, 4) is 23.0 Å². The van der Waals surface area contributed by atoms with Crippen LogP contribution in [0, 0.1) is 5.92 Å². The zero-order chi connectivity index (χ0) is 26.9. The Bertz CT molecular complexity index is 1170. The van der Waals surface area contributed by atoms with Crippen molar-refractivity contribution in [1.29, 1.82) is 0 Å². The fourth-order valence-corrected chi connectivity index (χ4v) is 5.20. The van der Waals surface area contributed by atoms with Crippen LogP contribution in [0.1, 0.15) is 61.6 Å². The lowest BCUT2D eigenvalue weighted by molar-refractivity contribution is -0.121. The molecule has 1 saturated carbocycles. The predicted octanol–water partition coefficient (Wildman–Crippen LogP) is 5.13. The number of Topliss-reactive ketones (excluding diaryl/α,β-unsaturated/α-hetero) is 1. The van der Waals surface area contributed by atoms with Crippen molar-refractivity contribution in [2.45, 2.75) is 76.4 Å². The molecule has 1 aromatic heterocycles. The molecule has 0 spiro atoms. The van der Waals surface area contributed by atoms with Gasteiger partial charge in [0.15, 0.2) is 23.0 Å². The topological polar surface area (TPSA) is 110 Å². The molecule has 7 nitrogen and oxygen atoms in total. The van der Waals surface area contributed by atoms with E-state index < -0.39 is 6.10 Å². The number of benzene rings is 2. The third kappa shape index (κ3) is 7.78. The number of nitrogens with zero attached hydrogens (tertiary/aromatic N) is 1. The van der Waals surface area contributed by atoms with E-state index in [1.807, 2.05) is 18.2 Å². The van der Waals surface area contributed by atoms with E-state index in [-0.39, 0.29) is 42.1 Å². The summed E-state index contributed by atoms with van der Waals surface area (Å²) in [7, 11) is 1.49. The van der Waals surface area contributed by atoms with E-state index in [0.717, 1.165) is 42.4 Å². The number of carbonyl (C=O) groups is 1. The molecule has 7 heteroatoms. The first kappa shape index (κ1) is 27.6. The van der Waals surface area contributed by atoms with Gasteiger partial charge in [0.2, 0.25) is 0 Å². The van der Waals surface area contributed by atoms with Crippen LogP contribution in [0.3, 0.4) is 0 Å². The van der Waals surface area contributed by atoms with Crippen LogP contribution in [-0.2, 0) is 24.1 Å². The van der Waals surface area contributed by atoms with Gasteiger partial charge in [0.05, 0.1) is 19.3 Å². The molecule has 2 aromatic carbocycles. The van der Waals surface area contributed by atoms with Crippen LogP contribution in [0.25, 0.3) is 0 Å². The molecule has 0 aliphatic heterocycles. The fourth-order valence-electron chi connectivity index (χ4n) is 5.20. The molecule has 0 amide bonds. The number of aryl methyl sites for hydroxylation is 1. The van der Waals surface area contributed by atoms with Gasteiger partial charge in [-0.15, -0.1) is 0 Å². The van der Waals surface area contributed by atoms with Crippen molar-refractivity contribution in [3.05, 3.63) is 71.5 Å². The highest BCUT2D eigenvalue weighted by Gasteiger charge is 2.24. The van der Waals surface area contributed by atoms with Crippen molar-refractivity contribution in [2.75, 3.05) is 7.11 Å². The number of aromatic nitrogens is 1. The smallest absolute Gasteiger partial charge is 0.161 e. The average Bonchev–Trinajstić information content (AvgIpc) is 3.43. The maximum atomic E-state index is 12.8. The van der Waals surface area contributed by atoms with Gasteiger partial charge < -0.3 is 29.8 Å². The maximum Gasteiger partial charge on any atom is 0.161 e. The second-order valence-electron chi connectivity index (χ2n) is 10.3. The van der Waals surface area contributed by atoms with Crippen LogP contribution in [0.5, 0.6) is 23.0 Å². The monoisotopic (exact) mass is 520 g/mol. The van der Waals surface area contributed by atoms with E-state index in [1.54, 1.807) is 36.7 Å². The standard InChI is InChI=1S/C31H38NO6/c1-37-30-17-21(8-11-27(30)34)7-10-25(33)19-29(36)24(16-23-13-14-32-20-23)15-22-9-12-28(35)31(18-22)38-26-5-3-2-4-6-26/h8-9,11-14,17-18,20,24,26,29,34-36H,2-7,10,15-16,19H2,1H3/q-1/t24-,29+/m0/s1. The van der Waals surface area contributed by atoms with Crippen molar-refractivity contribution in [3.63, 3.8) is 0 Å².